The molecule has 300 valence electrons. The standard InChI is InChI=1S/C43H53N3O8S2/c1-53-42(51)34-15-9-17-37-45(34)40(49)32(21-23-55-37)27-36(47)30(25-28-11-5-3-6-12-28)19-20-31(26-29-13-7-4-8-14-29)39(48)44-33-22-24-56-38-18-10-16-35(43(52)54-2)46(38)41(33)50/h3-8,11-14,19-20,30-35,37-38H,9-10,15-18,21-27H2,1-2H3,(H,44,48)/b20-19+/t30-,31-,32-,33+,34+,35+,37+,38+/m1/s1. The fourth-order valence-electron chi connectivity index (χ4n) is 8.43. The normalized spacial score (nSPS) is 26.5. The van der Waals surface area contributed by atoms with Crippen LogP contribution in [0.4, 0.5) is 0 Å². The number of rotatable bonds is 13. The van der Waals surface area contributed by atoms with Crippen LogP contribution in [0.5, 0.6) is 0 Å². The van der Waals surface area contributed by atoms with Crippen LogP contribution >= 0.6 is 23.5 Å². The maximum atomic E-state index is 14.4. The van der Waals surface area contributed by atoms with Gasteiger partial charge in [0.05, 0.1) is 30.9 Å². The van der Waals surface area contributed by atoms with E-state index in [9.17, 15) is 28.8 Å². The van der Waals surface area contributed by atoms with Crippen LogP contribution in [0.3, 0.4) is 0 Å². The third-order valence-electron chi connectivity index (χ3n) is 11.4. The molecule has 3 amide bonds. The topological polar surface area (TPSA) is 139 Å². The van der Waals surface area contributed by atoms with E-state index in [1.54, 1.807) is 45.5 Å². The van der Waals surface area contributed by atoms with Gasteiger partial charge in [-0.25, -0.2) is 9.59 Å². The van der Waals surface area contributed by atoms with Gasteiger partial charge in [0.2, 0.25) is 17.7 Å². The number of nitrogens with zero attached hydrogens (tertiary/aromatic N) is 2. The molecule has 4 heterocycles. The Morgan fingerprint density at radius 1 is 0.696 bits per heavy atom. The van der Waals surface area contributed by atoms with Crippen LogP contribution in [0, 0.1) is 17.8 Å². The second-order valence-electron chi connectivity index (χ2n) is 15.1. The minimum atomic E-state index is -0.815. The van der Waals surface area contributed by atoms with Gasteiger partial charge in [0.15, 0.2) is 0 Å². The monoisotopic (exact) mass is 803 g/mol. The Balaban J connectivity index is 1.24. The number of benzene rings is 2. The van der Waals surface area contributed by atoms with Crippen LogP contribution in [0.25, 0.3) is 0 Å². The molecule has 13 heteroatoms. The van der Waals surface area contributed by atoms with Crippen LogP contribution in [-0.2, 0) is 51.1 Å². The van der Waals surface area contributed by atoms with Gasteiger partial charge >= 0.3 is 11.9 Å². The van der Waals surface area contributed by atoms with Crippen molar-refractivity contribution in [3.63, 3.8) is 0 Å². The molecule has 11 nitrogen and oxygen atoms in total. The van der Waals surface area contributed by atoms with E-state index in [4.69, 9.17) is 9.47 Å². The van der Waals surface area contributed by atoms with E-state index in [-0.39, 0.29) is 40.7 Å². The molecule has 1 N–H and O–H groups in total. The first kappa shape index (κ1) is 41.5. The van der Waals surface area contributed by atoms with Crippen molar-refractivity contribution in [1.29, 1.82) is 0 Å². The highest BCUT2D eigenvalue weighted by Crippen LogP contribution is 2.38. The molecule has 0 saturated carbocycles. The second kappa shape index (κ2) is 19.9. The van der Waals surface area contributed by atoms with Gasteiger partial charge in [-0.2, -0.15) is 0 Å². The summed E-state index contributed by atoms with van der Waals surface area (Å²) >= 11 is 3.30. The average molecular weight is 804 g/mol. The SMILES string of the molecule is COC(=O)[C@@H]1CCC[C@@H]2SCC[C@H](CC(=O)[C@H](/C=C/[C@H](Cc3ccccc3)C(=O)N[C@H]3CCS[C@H]4CCC[C@@H](C(=O)OC)N4C3=O)Cc3ccccc3)C(=O)N21. The van der Waals surface area contributed by atoms with Gasteiger partial charge in [-0.15, -0.1) is 23.5 Å². The lowest BCUT2D eigenvalue weighted by Gasteiger charge is -2.40. The summed E-state index contributed by atoms with van der Waals surface area (Å²) in [6, 6.07) is 17.1. The quantitative estimate of drug-likeness (QED) is 0.208. The third-order valence-corrected chi connectivity index (χ3v) is 14.1. The maximum absolute atomic E-state index is 14.4. The first-order valence-corrected chi connectivity index (χ1v) is 21.9. The van der Waals surface area contributed by atoms with Crippen LogP contribution in [0.1, 0.15) is 68.9 Å². The highest BCUT2D eigenvalue weighted by molar-refractivity contribution is 8.00. The van der Waals surface area contributed by atoms with Crippen molar-refractivity contribution in [2.24, 2.45) is 17.8 Å². The zero-order chi connectivity index (χ0) is 39.6. The average Bonchev–Trinajstić information content (AvgIpc) is 3.48. The Morgan fingerprint density at radius 3 is 1.75 bits per heavy atom. The molecule has 0 aromatic heterocycles. The summed E-state index contributed by atoms with van der Waals surface area (Å²) in [4.78, 5) is 85.6. The fraction of sp³-hybridized carbons (Fsp3) is 0.535. The van der Waals surface area contributed by atoms with Crippen molar-refractivity contribution < 1.29 is 38.2 Å². The molecule has 0 bridgehead atoms. The number of piperidine rings is 2. The summed E-state index contributed by atoms with van der Waals surface area (Å²) in [5, 5.41) is 2.77. The number of Topliss-reactive ketones (excluding diaryl/α,β-unsaturated/α-hetero) is 1. The Kier molecular flexibility index (Phi) is 14.7. The van der Waals surface area contributed by atoms with Crippen LogP contribution in [0.15, 0.2) is 72.8 Å². The number of hydrogen-bond donors (Lipinski definition) is 1. The number of ketones is 1. The highest BCUT2D eigenvalue weighted by Gasteiger charge is 2.45. The minimum Gasteiger partial charge on any atom is -0.467 e. The van der Waals surface area contributed by atoms with Crippen molar-refractivity contribution in [2.75, 3.05) is 25.7 Å². The van der Waals surface area contributed by atoms with Crippen molar-refractivity contribution >= 4 is 59.0 Å². The van der Waals surface area contributed by atoms with E-state index < -0.39 is 47.8 Å². The predicted molar refractivity (Wildman–Crippen MR) is 216 cm³/mol. The number of allylic oxidation sites excluding steroid dienone is 1. The molecule has 0 spiro atoms. The van der Waals surface area contributed by atoms with Gasteiger partial charge in [-0.05, 0) is 86.8 Å². The lowest BCUT2D eigenvalue weighted by molar-refractivity contribution is -0.157. The summed E-state index contributed by atoms with van der Waals surface area (Å²) in [7, 11) is 2.67. The highest BCUT2D eigenvalue weighted by atomic mass is 32.2. The summed E-state index contributed by atoms with van der Waals surface area (Å²) in [6.07, 6.45) is 9.53. The van der Waals surface area contributed by atoms with Gasteiger partial charge in [-0.3, -0.25) is 19.2 Å². The van der Waals surface area contributed by atoms with Gasteiger partial charge in [0.1, 0.15) is 23.9 Å². The van der Waals surface area contributed by atoms with Crippen molar-refractivity contribution in [2.45, 2.75) is 99.5 Å². The number of carbonyl (C=O) groups excluding carboxylic acids is 6. The molecular formula is C43H53N3O8S2. The van der Waals surface area contributed by atoms with Crippen LogP contribution < -0.4 is 5.32 Å². The van der Waals surface area contributed by atoms with Gasteiger partial charge < -0.3 is 24.6 Å². The molecule has 4 aliphatic heterocycles. The van der Waals surface area contributed by atoms with Crippen molar-refractivity contribution in [1.82, 2.24) is 15.1 Å². The summed E-state index contributed by atoms with van der Waals surface area (Å²) in [6.45, 7) is 0. The van der Waals surface area contributed by atoms with E-state index in [0.717, 1.165) is 36.8 Å². The largest absolute Gasteiger partial charge is 0.467 e. The number of thioether (sulfide) groups is 2. The number of hydrogen-bond acceptors (Lipinski definition) is 10. The first-order chi connectivity index (χ1) is 27.2. The fourth-order valence-corrected chi connectivity index (χ4v) is 11.3. The molecule has 2 aromatic rings. The summed E-state index contributed by atoms with van der Waals surface area (Å²) in [5.41, 5.74) is 1.87. The molecule has 0 aliphatic carbocycles. The maximum Gasteiger partial charge on any atom is 0.328 e. The molecule has 4 saturated heterocycles. The molecule has 8 atom stereocenters. The number of amides is 3. The van der Waals surface area contributed by atoms with Gasteiger partial charge in [0.25, 0.3) is 0 Å². The van der Waals surface area contributed by atoms with Gasteiger partial charge in [-0.1, -0.05) is 72.8 Å². The summed E-state index contributed by atoms with van der Waals surface area (Å²) in [5.74, 6) is -2.36. The molecule has 4 fully saturated rings. The lowest BCUT2D eigenvalue weighted by Crippen LogP contribution is -2.57. The van der Waals surface area contributed by atoms with Crippen LogP contribution in [0.2, 0.25) is 0 Å². The smallest absolute Gasteiger partial charge is 0.328 e. The van der Waals surface area contributed by atoms with Gasteiger partial charge in [0, 0.05) is 18.3 Å². The Morgan fingerprint density at radius 2 is 1.20 bits per heavy atom. The molecular weight excluding hydrogens is 751 g/mol. The number of methoxy groups -OCH3 is 2. The molecule has 56 heavy (non-hydrogen) atoms. The van der Waals surface area contributed by atoms with E-state index >= 15 is 0 Å². The number of nitrogens with one attached hydrogen (secondary N) is 1. The number of carbonyl (C=O) groups is 6. The van der Waals surface area contributed by atoms with Crippen molar-refractivity contribution in [3.05, 3.63) is 83.9 Å². The van der Waals surface area contributed by atoms with E-state index in [1.807, 2.05) is 60.7 Å². The molecule has 6 rings (SSSR count). The first-order valence-electron chi connectivity index (χ1n) is 19.8. The third kappa shape index (κ3) is 10.1. The number of ether oxygens (including phenoxy) is 2. The molecule has 0 unspecified atom stereocenters. The second-order valence-corrected chi connectivity index (χ2v) is 17.6. The minimum absolute atomic E-state index is 0.0144. The molecule has 0 radical (unpaired) electrons. The summed E-state index contributed by atoms with van der Waals surface area (Å²) < 4.78 is 10.1. The Labute approximate surface area is 338 Å². The van der Waals surface area contributed by atoms with E-state index in [1.165, 1.54) is 14.2 Å². The Bertz CT molecular complexity index is 1620. The lowest BCUT2D eigenvalue weighted by atomic mass is 9.86. The zero-order valence-electron chi connectivity index (χ0n) is 32.2. The van der Waals surface area contributed by atoms with Crippen molar-refractivity contribution in [3.8, 4) is 0 Å². The zero-order valence-corrected chi connectivity index (χ0v) is 33.8. The molecule has 2 aromatic carbocycles. The van der Waals surface area contributed by atoms with Crippen LogP contribution in [-0.4, -0.2) is 99.8 Å². The number of fused-ring (bicyclic) bond motifs is 2. The van der Waals surface area contributed by atoms with E-state index in [0.29, 0.717) is 50.0 Å². The van der Waals surface area contributed by atoms with E-state index in [2.05, 4.69) is 5.32 Å². The predicted octanol–water partition coefficient (Wildman–Crippen LogP) is 5.35. The molecule has 4 aliphatic rings. The number of esters is 2. The Hall–Kier alpha value is -4.10.